The Labute approximate surface area is 213 Å². The largest absolute Gasteiger partial charge is 0.418 e. The van der Waals surface area contributed by atoms with Crippen molar-refractivity contribution >= 4 is 5.69 Å². The fourth-order valence-corrected chi connectivity index (χ4v) is 4.55. The number of nitrogens with zero attached hydrogens (tertiary/aromatic N) is 2. The molecule has 1 N–H and O–H groups in total. The van der Waals surface area contributed by atoms with Crippen molar-refractivity contribution in [3.63, 3.8) is 0 Å². The average molecular weight is 476 g/mol. The van der Waals surface area contributed by atoms with Crippen molar-refractivity contribution in [2.75, 3.05) is 5.32 Å². The summed E-state index contributed by atoms with van der Waals surface area (Å²) in [5.41, 5.74) is 3.31. The highest BCUT2D eigenvalue weighted by Crippen LogP contribution is 2.27. The van der Waals surface area contributed by atoms with Crippen molar-refractivity contribution in [3.8, 4) is 11.5 Å². The molecule has 3 rings (SSSR count). The molecule has 4 nitrogen and oxygen atoms in total. The average Bonchev–Trinajstić information content (AvgIpc) is 3.38. The number of hydrogen-bond donors (Lipinski definition) is 1. The molecule has 0 bridgehead atoms. The third-order valence-corrected chi connectivity index (χ3v) is 6.75. The first-order valence-electron chi connectivity index (χ1n) is 14.0. The Bertz CT molecular complexity index is 920. The highest BCUT2D eigenvalue weighted by molar-refractivity contribution is 5.52. The minimum Gasteiger partial charge on any atom is -0.418 e. The van der Waals surface area contributed by atoms with Crippen molar-refractivity contribution in [1.29, 1.82) is 0 Å². The smallest absolute Gasteiger partial charge is 0.247 e. The van der Waals surface area contributed by atoms with Crippen LogP contribution < -0.4 is 5.32 Å². The maximum absolute atomic E-state index is 6.11. The second-order valence-electron chi connectivity index (χ2n) is 9.91. The van der Waals surface area contributed by atoms with Crippen LogP contribution in [-0.2, 0) is 0 Å². The van der Waals surface area contributed by atoms with Gasteiger partial charge in [0.1, 0.15) is 6.04 Å². The first-order chi connectivity index (χ1) is 17.3. The summed E-state index contributed by atoms with van der Waals surface area (Å²) in [6.45, 7) is 4.40. The maximum Gasteiger partial charge on any atom is 0.247 e. The predicted octanol–water partition coefficient (Wildman–Crippen LogP) is 9.68. The summed E-state index contributed by atoms with van der Waals surface area (Å²) < 4.78 is 6.11. The molecule has 0 aliphatic rings. The van der Waals surface area contributed by atoms with Crippen LogP contribution in [-0.4, -0.2) is 10.2 Å². The Morgan fingerprint density at radius 3 is 1.86 bits per heavy atom. The molecule has 0 saturated heterocycles. The third-order valence-electron chi connectivity index (χ3n) is 6.75. The zero-order valence-corrected chi connectivity index (χ0v) is 22.0. The molecular formula is C31H45N3O. The van der Waals surface area contributed by atoms with Gasteiger partial charge in [-0.3, -0.25) is 0 Å². The van der Waals surface area contributed by atoms with E-state index in [9.17, 15) is 0 Å². The van der Waals surface area contributed by atoms with Gasteiger partial charge in [0.25, 0.3) is 0 Å². The third kappa shape index (κ3) is 10.3. The summed E-state index contributed by atoms with van der Waals surface area (Å²) in [6, 6.07) is 18.5. The molecule has 0 aliphatic heterocycles. The number of aryl methyl sites for hydroxylation is 1. The Balaban J connectivity index is 1.40. The Kier molecular flexibility index (Phi) is 12.4. The summed E-state index contributed by atoms with van der Waals surface area (Å²) in [4.78, 5) is 0. The molecule has 4 heteroatoms. The van der Waals surface area contributed by atoms with Crippen LogP contribution >= 0.6 is 0 Å². The lowest BCUT2D eigenvalue weighted by molar-refractivity contribution is 0.445. The number of benzene rings is 2. The SMILES string of the molecule is CCCCCCCCCCCCCCCC(Nc1ccc(C)cc1)c1nnc(-c2ccccc2)o1. The van der Waals surface area contributed by atoms with Gasteiger partial charge in [-0.25, -0.2) is 0 Å². The monoisotopic (exact) mass is 475 g/mol. The van der Waals surface area contributed by atoms with Gasteiger partial charge in [-0.1, -0.05) is 126 Å². The van der Waals surface area contributed by atoms with Gasteiger partial charge in [0, 0.05) is 11.3 Å². The molecule has 0 fully saturated rings. The zero-order valence-electron chi connectivity index (χ0n) is 22.0. The van der Waals surface area contributed by atoms with Crippen molar-refractivity contribution in [2.24, 2.45) is 0 Å². The molecule has 0 saturated carbocycles. The lowest BCUT2D eigenvalue weighted by Gasteiger charge is -2.16. The molecule has 1 atom stereocenters. The molecule has 0 spiro atoms. The molecule has 2 aromatic carbocycles. The molecule has 1 aromatic heterocycles. The first kappa shape index (κ1) is 27.0. The zero-order chi connectivity index (χ0) is 24.6. The first-order valence-corrected chi connectivity index (χ1v) is 14.0. The summed E-state index contributed by atoms with van der Waals surface area (Å²) >= 11 is 0. The van der Waals surface area contributed by atoms with Gasteiger partial charge in [0.15, 0.2) is 0 Å². The van der Waals surface area contributed by atoms with Gasteiger partial charge < -0.3 is 9.73 Å². The second kappa shape index (κ2) is 16.1. The van der Waals surface area contributed by atoms with E-state index in [1.54, 1.807) is 0 Å². The minimum absolute atomic E-state index is 0.0235. The van der Waals surface area contributed by atoms with Crippen LogP contribution in [0.25, 0.3) is 11.5 Å². The number of anilines is 1. The molecule has 1 heterocycles. The number of aromatic nitrogens is 2. The highest BCUT2D eigenvalue weighted by atomic mass is 16.4. The fraction of sp³-hybridized carbons (Fsp3) is 0.548. The molecular weight excluding hydrogens is 430 g/mol. The molecule has 0 amide bonds. The molecule has 35 heavy (non-hydrogen) atoms. The standard InChI is InChI=1S/C31H45N3O/c1-3-4-5-6-7-8-9-10-11-12-13-14-18-21-29(32-28-24-22-26(2)23-25-28)31-34-33-30(35-31)27-19-16-15-17-20-27/h15-17,19-20,22-25,29,32H,3-14,18,21H2,1-2H3. The topological polar surface area (TPSA) is 51.0 Å². The van der Waals surface area contributed by atoms with E-state index in [0.717, 1.165) is 24.1 Å². The van der Waals surface area contributed by atoms with Crippen LogP contribution in [0.5, 0.6) is 0 Å². The van der Waals surface area contributed by atoms with E-state index in [1.807, 2.05) is 30.3 Å². The normalized spacial score (nSPS) is 12.1. The number of nitrogens with one attached hydrogen (secondary N) is 1. The van der Waals surface area contributed by atoms with Gasteiger partial charge in [0.2, 0.25) is 11.8 Å². The molecule has 190 valence electrons. The molecule has 0 radical (unpaired) electrons. The second-order valence-corrected chi connectivity index (χ2v) is 9.91. The van der Waals surface area contributed by atoms with E-state index in [-0.39, 0.29) is 6.04 Å². The van der Waals surface area contributed by atoms with Crippen molar-refractivity contribution in [1.82, 2.24) is 10.2 Å². The van der Waals surface area contributed by atoms with Crippen LogP contribution in [0.3, 0.4) is 0 Å². The van der Waals surface area contributed by atoms with Gasteiger partial charge >= 0.3 is 0 Å². The van der Waals surface area contributed by atoms with E-state index < -0.39 is 0 Å². The Morgan fingerprint density at radius 2 is 1.26 bits per heavy atom. The van der Waals surface area contributed by atoms with Crippen LogP contribution in [0.2, 0.25) is 0 Å². The Morgan fingerprint density at radius 1 is 0.686 bits per heavy atom. The van der Waals surface area contributed by atoms with Gasteiger partial charge in [0.05, 0.1) is 0 Å². The lowest BCUT2D eigenvalue weighted by atomic mass is 10.0. The maximum atomic E-state index is 6.11. The van der Waals surface area contributed by atoms with Crippen LogP contribution in [0.15, 0.2) is 59.0 Å². The summed E-state index contributed by atoms with van der Waals surface area (Å²) in [5, 5.41) is 12.4. The van der Waals surface area contributed by atoms with Crippen molar-refractivity contribution < 1.29 is 4.42 Å². The van der Waals surface area contributed by atoms with Gasteiger partial charge in [-0.05, 0) is 37.6 Å². The number of hydrogen-bond acceptors (Lipinski definition) is 4. The molecule has 1 unspecified atom stereocenters. The molecule has 0 aliphatic carbocycles. The van der Waals surface area contributed by atoms with E-state index in [1.165, 1.54) is 82.6 Å². The van der Waals surface area contributed by atoms with Crippen molar-refractivity contribution in [3.05, 3.63) is 66.1 Å². The van der Waals surface area contributed by atoms with Gasteiger partial charge in [-0.15, -0.1) is 10.2 Å². The summed E-state index contributed by atoms with van der Waals surface area (Å²) in [7, 11) is 0. The van der Waals surface area contributed by atoms with Gasteiger partial charge in [-0.2, -0.15) is 0 Å². The fourth-order valence-electron chi connectivity index (χ4n) is 4.55. The summed E-state index contributed by atoms with van der Waals surface area (Å²) in [6.07, 6.45) is 18.7. The predicted molar refractivity (Wildman–Crippen MR) is 148 cm³/mol. The van der Waals surface area contributed by atoms with E-state index in [4.69, 9.17) is 4.42 Å². The van der Waals surface area contributed by atoms with E-state index in [0.29, 0.717) is 11.8 Å². The van der Waals surface area contributed by atoms with Crippen LogP contribution in [0, 0.1) is 6.92 Å². The lowest BCUT2D eigenvalue weighted by Crippen LogP contribution is -2.11. The summed E-state index contributed by atoms with van der Waals surface area (Å²) in [5.74, 6) is 1.25. The van der Waals surface area contributed by atoms with Crippen LogP contribution in [0.1, 0.15) is 114 Å². The number of unbranched alkanes of at least 4 members (excludes halogenated alkanes) is 12. The van der Waals surface area contributed by atoms with Crippen molar-refractivity contribution in [2.45, 2.75) is 110 Å². The quantitative estimate of drug-likeness (QED) is 0.186. The number of rotatable bonds is 18. The van der Waals surface area contributed by atoms with E-state index >= 15 is 0 Å². The van der Waals surface area contributed by atoms with Crippen LogP contribution in [0.4, 0.5) is 5.69 Å². The highest BCUT2D eigenvalue weighted by Gasteiger charge is 2.19. The van der Waals surface area contributed by atoms with E-state index in [2.05, 4.69) is 53.6 Å². The Hall–Kier alpha value is -2.62. The minimum atomic E-state index is 0.0235. The molecule has 3 aromatic rings.